The monoisotopic (exact) mass is 429 g/mol. The second kappa shape index (κ2) is 7.84. The van der Waals surface area contributed by atoms with E-state index in [1.54, 1.807) is 48.5 Å². The maximum Gasteiger partial charge on any atom is 0.336 e. The molecule has 0 saturated heterocycles. The number of nitrogens with one attached hydrogen (secondary N) is 2. The number of nitrogens with zero attached hydrogens (tertiary/aromatic N) is 3. The van der Waals surface area contributed by atoms with Crippen molar-refractivity contribution in [3.05, 3.63) is 87.9 Å². The number of para-hydroxylation sites is 2. The lowest BCUT2D eigenvalue weighted by atomic mass is 10.2. The minimum atomic E-state index is -0.466. The fraction of sp³-hybridized carbons (Fsp3) is 0.0455. The molecule has 0 aliphatic rings. The molecule has 0 bridgehead atoms. The Bertz CT molecular complexity index is 1580. The van der Waals surface area contributed by atoms with Gasteiger partial charge in [-0.15, -0.1) is 0 Å². The van der Waals surface area contributed by atoms with Crippen LogP contribution in [-0.4, -0.2) is 32.3 Å². The number of ether oxygens (including phenoxy) is 1. The topological polar surface area (TPSA) is 132 Å². The summed E-state index contributed by atoms with van der Waals surface area (Å²) in [5.74, 6) is -0.0221. The van der Waals surface area contributed by atoms with Crippen LogP contribution in [0.1, 0.15) is 0 Å². The predicted octanol–water partition coefficient (Wildman–Crippen LogP) is 2.23. The van der Waals surface area contributed by atoms with Crippen molar-refractivity contribution in [2.24, 2.45) is 0 Å². The maximum absolute atomic E-state index is 12.5. The van der Waals surface area contributed by atoms with E-state index in [1.165, 1.54) is 23.3 Å². The van der Waals surface area contributed by atoms with Crippen molar-refractivity contribution in [2.75, 3.05) is 11.9 Å². The minimum Gasteiger partial charge on any atom is -0.484 e. The van der Waals surface area contributed by atoms with E-state index in [1.807, 2.05) is 0 Å². The Morgan fingerprint density at radius 1 is 1.12 bits per heavy atom. The summed E-state index contributed by atoms with van der Waals surface area (Å²) in [5.41, 5.74) is 0.978. The molecule has 0 unspecified atom stereocenters. The van der Waals surface area contributed by atoms with E-state index in [2.05, 4.69) is 20.4 Å². The van der Waals surface area contributed by atoms with Gasteiger partial charge in [0, 0.05) is 17.5 Å². The van der Waals surface area contributed by atoms with Gasteiger partial charge < -0.3 is 19.5 Å². The Labute approximate surface area is 179 Å². The number of benzene rings is 2. The Hall–Kier alpha value is -4.73. The standard InChI is InChI=1S/C22H15N5O5/c28-19(11-31-14-7-5-13-6-8-20(29)32-18(13)9-14)26-16-3-1-2-4-17(16)27-21-15(10-25-27)22(30)24-12-23-21/h1-10,12H,11H2,(H,26,28)(H,23,24,30). The first-order valence-corrected chi connectivity index (χ1v) is 9.56. The zero-order valence-electron chi connectivity index (χ0n) is 16.4. The van der Waals surface area contributed by atoms with Crippen LogP contribution in [0.25, 0.3) is 27.7 Å². The van der Waals surface area contributed by atoms with Crippen molar-refractivity contribution in [1.82, 2.24) is 19.7 Å². The lowest BCUT2D eigenvalue weighted by Crippen LogP contribution is -2.21. The minimum absolute atomic E-state index is 0.269. The van der Waals surface area contributed by atoms with Gasteiger partial charge in [0.05, 0.1) is 23.9 Å². The quantitative estimate of drug-likeness (QED) is 0.410. The van der Waals surface area contributed by atoms with Crippen molar-refractivity contribution < 1.29 is 13.9 Å². The smallest absolute Gasteiger partial charge is 0.336 e. The first-order chi connectivity index (χ1) is 15.6. The molecular formula is C22H15N5O5. The molecule has 0 aliphatic heterocycles. The number of rotatable bonds is 5. The third-order valence-corrected chi connectivity index (χ3v) is 4.74. The average Bonchev–Trinajstić information content (AvgIpc) is 3.23. The molecule has 10 nitrogen and oxygen atoms in total. The van der Waals surface area contributed by atoms with Crippen molar-refractivity contribution in [3.8, 4) is 11.4 Å². The second-order valence-corrected chi connectivity index (χ2v) is 6.83. The van der Waals surface area contributed by atoms with Crippen molar-refractivity contribution >= 4 is 33.6 Å². The summed E-state index contributed by atoms with van der Waals surface area (Å²) < 4.78 is 12.2. The molecule has 5 aromatic rings. The van der Waals surface area contributed by atoms with Crippen LogP contribution in [-0.2, 0) is 4.79 Å². The molecule has 0 spiro atoms. The van der Waals surface area contributed by atoms with Crippen molar-refractivity contribution in [3.63, 3.8) is 0 Å². The molecule has 0 saturated carbocycles. The van der Waals surface area contributed by atoms with Gasteiger partial charge in [0.2, 0.25) is 0 Å². The van der Waals surface area contributed by atoms with Crippen molar-refractivity contribution in [1.29, 1.82) is 0 Å². The summed E-state index contributed by atoms with van der Waals surface area (Å²) in [4.78, 5) is 42.6. The molecule has 0 atom stereocenters. The van der Waals surface area contributed by atoms with E-state index >= 15 is 0 Å². The number of H-pyrrole nitrogens is 1. The van der Waals surface area contributed by atoms with Crippen LogP contribution in [0.15, 0.2) is 81.1 Å². The third-order valence-electron chi connectivity index (χ3n) is 4.74. The number of fused-ring (bicyclic) bond motifs is 2. The molecule has 3 heterocycles. The van der Waals surface area contributed by atoms with Gasteiger partial charge in [0.15, 0.2) is 12.3 Å². The zero-order chi connectivity index (χ0) is 22.1. The van der Waals surface area contributed by atoms with Gasteiger partial charge in [0.1, 0.15) is 16.7 Å². The van der Waals surface area contributed by atoms with Crippen LogP contribution >= 0.6 is 0 Å². The van der Waals surface area contributed by atoms with Gasteiger partial charge in [-0.3, -0.25) is 9.59 Å². The first-order valence-electron chi connectivity index (χ1n) is 9.56. The molecule has 0 radical (unpaired) electrons. The Kier molecular flexibility index (Phi) is 4.71. The van der Waals surface area contributed by atoms with Gasteiger partial charge in [0.25, 0.3) is 11.5 Å². The molecule has 3 aromatic heterocycles. The number of hydrogen-bond donors (Lipinski definition) is 2. The highest BCUT2D eigenvalue weighted by atomic mass is 16.5. The van der Waals surface area contributed by atoms with Crippen LogP contribution in [0, 0.1) is 0 Å². The summed E-state index contributed by atoms with van der Waals surface area (Å²) in [5, 5.41) is 8.10. The molecule has 5 rings (SSSR count). The number of hydrogen-bond acceptors (Lipinski definition) is 7. The Balaban J connectivity index is 1.36. The summed E-state index contributed by atoms with van der Waals surface area (Å²) in [6, 6.07) is 15.0. The highest BCUT2D eigenvalue weighted by Crippen LogP contribution is 2.23. The zero-order valence-corrected chi connectivity index (χ0v) is 16.4. The fourth-order valence-corrected chi connectivity index (χ4v) is 3.26. The molecule has 2 N–H and O–H groups in total. The van der Waals surface area contributed by atoms with Gasteiger partial charge in [-0.1, -0.05) is 12.1 Å². The molecule has 1 amide bonds. The second-order valence-electron chi connectivity index (χ2n) is 6.83. The van der Waals surface area contributed by atoms with E-state index in [4.69, 9.17) is 9.15 Å². The number of aromatic nitrogens is 4. The molecule has 32 heavy (non-hydrogen) atoms. The van der Waals surface area contributed by atoms with Crippen LogP contribution in [0.3, 0.4) is 0 Å². The highest BCUT2D eigenvalue weighted by Gasteiger charge is 2.14. The summed E-state index contributed by atoms with van der Waals surface area (Å²) in [6.07, 6.45) is 2.71. The molecule has 2 aromatic carbocycles. The number of aromatic amines is 1. The summed E-state index contributed by atoms with van der Waals surface area (Å²) in [7, 11) is 0. The van der Waals surface area contributed by atoms with Crippen molar-refractivity contribution in [2.45, 2.75) is 0 Å². The van der Waals surface area contributed by atoms with Gasteiger partial charge >= 0.3 is 5.63 Å². The summed E-state index contributed by atoms with van der Waals surface area (Å²) >= 11 is 0. The average molecular weight is 429 g/mol. The van der Waals surface area contributed by atoms with Crippen LogP contribution < -0.4 is 21.2 Å². The number of amides is 1. The van der Waals surface area contributed by atoms with E-state index < -0.39 is 11.5 Å². The van der Waals surface area contributed by atoms with E-state index in [0.717, 1.165) is 5.39 Å². The lowest BCUT2D eigenvalue weighted by molar-refractivity contribution is -0.118. The Morgan fingerprint density at radius 2 is 1.97 bits per heavy atom. The molecular weight excluding hydrogens is 414 g/mol. The lowest BCUT2D eigenvalue weighted by Gasteiger charge is -2.12. The summed E-state index contributed by atoms with van der Waals surface area (Å²) in [6.45, 7) is -0.269. The van der Waals surface area contributed by atoms with Gasteiger partial charge in [-0.2, -0.15) is 5.10 Å². The fourth-order valence-electron chi connectivity index (χ4n) is 3.26. The van der Waals surface area contributed by atoms with E-state index in [9.17, 15) is 14.4 Å². The molecule has 158 valence electrons. The van der Waals surface area contributed by atoms with E-state index in [0.29, 0.717) is 33.7 Å². The predicted molar refractivity (Wildman–Crippen MR) is 116 cm³/mol. The number of carbonyl (C=O) groups is 1. The Morgan fingerprint density at radius 3 is 2.88 bits per heavy atom. The van der Waals surface area contributed by atoms with Crippen LogP contribution in [0.4, 0.5) is 5.69 Å². The molecule has 0 aliphatic carbocycles. The van der Waals surface area contributed by atoms with Gasteiger partial charge in [-0.25, -0.2) is 14.5 Å². The normalized spacial score (nSPS) is 11.0. The third kappa shape index (κ3) is 3.60. The maximum atomic E-state index is 12.5. The number of anilines is 1. The SMILES string of the molecule is O=C(COc1ccc2ccc(=O)oc2c1)Nc1ccccc1-n1ncc2c(=O)[nH]cnc21. The molecule has 0 fully saturated rings. The first kappa shape index (κ1) is 19.2. The van der Waals surface area contributed by atoms with Crippen LogP contribution in [0.5, 0.6) is 5.75 Å². The van der Waals surface area contributed by atoms with Crippen LogP contribution in [0.2, 0.25) is 0 Å². The largest absolute Gasteiger partial charge is 0.484 e. The van der Waals surface area contributed by atoms with Gasteiger partial charge in [-0.05, 0) is 30.3 Å². The number of carbonyl (C=O) groups excluding carboxylic acids is 1. The molecule has 10 heteroatoms. The highest BCUT2D eigenvalue weighted by molar-refractivity contribution is 5.94. The van der Waals surface area contributed by atoms with E-state index in [-0.39, 0.29) is 12.2 Å².